The Morgan fingerprint density at radius 1 is 0.826 bits per heavy atom. The minimum Gasteiger partial charge on any atom is -0.507 e. The highest BCUT2D eigenvalue weighted by Gasteiger charge is 2.08. The van der Waals surface area contributed by atoms with Gasteiger partial charge in [-0.3, -0.25) is 4.79 Å². The Balaban J connectivity index is 1.87. The van der Waals surface area contributed by atoms with Crippen molar-refractivity contribution in [2.75, 3.05) is 0 Å². The van der Waals surface area contributed by atoms with Crippen LogP contribution < -0.4 is 10.6 Å². The first-order valence-electron chi connectivity index (χ1n) is 7.43. The standard InChI is InChI=1S/C20H17O2P/c21-14-17-8-4-5-9-19(17)23-20-13-16(10-11-18(20)22)12-15-6-2-1-3-7-15/h1-11,13-14,22-23H,12H2. The summed E-state index contributed by atoms with van der Waals surface area (Å²) >= 11 is 0. The molecule has 0 amide bonds. The maximum Gasteiger partial charge on any atom is 0.150 e. The van der Waals surface area contributed by atoms with E-state index in [2.05, 4.69) is 12.1 Å². The van der Waals surface area contributed by atoms with E-state index >= 15 is 0 Å². The number of carbonyl (C=O) groups is 1. The van der Waals surface area contributed by atoms with Crippen LogP contribution in [-0.2, 0) is 6.42 Å². The van der Waals surface area contributed by atoms with Gasteiger partial charge in [0, 0.05) is 10.9 Å². The third-order valence-electron chi connectivity index (χ3n) is 3.67. The molecule has 2 nitrogen and oxygen atoms in total. The Morgan fingerprint density at radius 3 is 2.35 bits per heavy atom. The molecule has 1 atom stereocenters. The maximum absolute atomic E-state index is 11.2. The molecule has 23 heavy (non-hydrogen) atoms. The van der Waals surface area contributed by atoms with Gasteiger partial charge in [0.25, 0.3) is 0 Å². The molecule has 3 heteroatoms. The highest BCUT2D eigenvalue weighted by atomic mass is 31.1. The highest BCUT2D eigenvalue weighted by molar-refractivity contribution is 7.56. The van der Waals surface area contributed by atoms with Gasteiger partial charge < -0.3 is 5.11 Å². The van der Waals surface area contributed by atoms with Crippen LogP contribution in [0.25, 0.3) is 0 Å². The number of hydrogen-bond donors (Lipinski definition) is 1. The molecule has 3 rings (SSSR count). The molecule has 0 spiro atoms. The molecule has 1 unspecified atom stereocenters. The van der Waals surface area contributed by atoms with E-state index in [9.17, 15) is 9.90 Å². The maximum atomic E-state index is 11.2. The van der Waals surface area contributed by atoms with Crippen molar-refractivity contribution in [3.8, 4) is 5.75 Å². The van der Waals surface area contributed by atoms with Crippen LogP contribution in [0.4, 0.5) is 0 Å². The molecule has 0 saturated carbocycles. The predicted molar refractivity (Wildman–Crippen MR) is 96.8 cm³/mol. The van der Waals surface area contributed by atoms with E-state index in [4.69, 9.17) is 0 Å². The predicted octanol–water partition coefficient (Wildman–Crippen LogP) is 3.42. The van der Waals surface area contributed by atoms with E-state index in [1.807, 2.05) is 48.5 Å². The van der Waals surface area contributed by atoms with Gasteiger partial charge in [0.05, 0.1) is 0 Å². The van der Waals surface area contributed by atoms with Crippen LogP contribution in [0, 0.1) is 0 Å². The van der Waals surface area contributed by atoms with E-state index in [1.165, 1.54) is 5.56 Å². The number of benzene rings is 3. The molecule has 0 fully saturated rings. The van der Waals surface area contributed by atoms with Crippen molar-refractivity contribution in [1.29, 1.82) is 0 Å². The fourth-order valence-electron chi connectivity index (χ4n) is 2.48. The second-order valence-electron chi connectivity index (χ2n) is 5.34. The molecule has 0 saturated heterocycles. The van der Waals surface area contributed by atoms with Gasteiger partial charge >= 0.3 is 0 Å². The molecule has 1 N–H and O–H groups in total. The second-order valence-corrected chi connectivity index (χ2v) is 6.67. The molecule has 0 bridgehead atoms. The summed E-state index contributed by atoms with van der Waals surface area (Å²) in [4.78, 5) is 11.2. The largest absolute Gasteiger partial charge is 0.507 e. The topological polar surface area (TPSA) is 37.3 Å². The number of phenols is 1. The van der Waals surface area contributed by atoms with Gasteiger partial charge in [0.15, 0.2) is 6.29 Å². The van der Waals surface area contributed by atoms with Gasteiger partial charge in [-0.1, -0.05) is 69.2 Å². The quantitative estimate of drug-likeness (QED) is 0.578. The zero-order valence-electron chi connectivity index (χ0n) is 12.6. The van der Waals surface area contributed by atoms with Crippen LogP contribution in [-0.4, -0.2) is 11.4 Å². The Hall–Kier alpha value is -2.44. The van der Waals surface area contributed by atoms with Crippen LogP contribution in [0.15, 0.2) is 72.8 Å². The SMILES string of the molecule is O=Cc1ccccc1Pc1cc(Cc2ccccc2)ccc1O. The number of carbonyl (C=O) groups excluding carboxylic acids is 1. The lowest BCUT2D eigenvalue weighted by atomic mass is 10.1. The molecule has 114 valence electrons. The van der Waals surface area contributed by atoms with Gasteiger partial charge in [0.2, 0.25) is 0 Å². The van der Waals surface area contributed by atoms with E-state index < -0.39 is 0 Å². The first kappa shape index (κ1) is 15.5. The van der Waals surface area contributed by atoms with Gasteiger partial charge in [-0.15, -0.1) is 0 Å². The van der Waals surface area contributed by atoms with Crippen molar-refractivity contribution >= 4 is 25.5 Å². The summed E-state index contributed by atoms with van der Waals surface area (Å²) in [6.45, 7) is 0. The smallest absolute Gasteiger partial charge is 0.150 e. The van der Waals surface area contributed by atoms with Crippen LogP contribution in [0.3, 0.4) is 0 Å². The van der Waals surface area contributed by atoms with Gasteiger partial charge in [0.1, 0.15) is 5.75 Å². The summed E-state index contributed by atoms with van der Waals surface area (Å²) < 4.78 is 0. The van der Waals surface area contributed by atoms with E-state index in [0.717, 1.165) is 28.9 Å². The van der Waals surface area contributed by atoms with Crippen molar-refractivity contribution in [2.45, 2.75) is 6.42 Å². The summed E-state index contributed by atoms with van der Waals surface area (Å²) in [7, 11) is 0.257. The Labute approximate surface area is 137 Å². The third-order valence-corrected chi connectivity index (χ3v) is 5.06. The molecule has 0 radical (unpaired) electrons. The monoisotopic (exact) mass is 320 g/mol. The summed E-state index contributed by atoms with van der Waals surface area (Å²) in [5.41, 5.74) is 3.07. The van der Waals surface area contributed by atoms with Crippen LogP contribution in [0.1, 0.15) is 21.5 Å². The number of phenolic OH excluding ortho intramolecular Hbond substituents is 1. The van der Waals surface area contributed by atoms with Gasteiger partial charge in [-0.2, -0.15) is 0 Å². The summed E-state index contributed by atoms with van der Waals surface area (Å²) in [6, 6.07) is 23.5. The Kier molecular flexibility index (Phi) is 4.85. The molecular weight excluding hydrogens is 303 g/mol. The minimum absolute atomic E-state index is 0.257. The lowest BCUT2D eigenvalue weighted by Crippen LogP contribution is -2.09. The van der Waals surface area contributed by atoms with Gasteiger partial charge in [-0.25, -0.2) is 0 Å². The van der Waals surface area contributed by atoms with E-state index in [0.29, 0.717) is 5.56 Å². The molecule has 0 aromatic heterocycles. The summed E-state index contributed by atoms with van der Waals surface area (Å²) in [5.74, 6) is 0.279. The fraction of sp³-hybridized carbons (Fsp3) is 0.0500. The van der Waals surface area contributed by atoms with Crippen molar-refractivity contribution in [3.05, 3.63) is 89.5 Å². The zero-order chi connectivity index (χ0) is 16.1. The molecule has 0 heterocycles. The van der Waals surface area contributed by atoms with Gasteiger partial charge in [-0.05, 0) is 35.0 Å². The zero-order valence-corrected chi connectivity index (χ0v) is 13.6. The normalized spacial score (nSPS) is 11.0. The first-order chi connectivity index (χ1) is 11.3. The number of hydrogen-bond acceptors (Lipinski definition) is 2. The van der Waals surface area contributed by atoms with Crippen LogP contribution in [0.2, 0.25) is 0 Å². The molecule has 3 aromatic rings. The summed E-state index contributed by atoms with van der Waals surface area (Å²) in [6.07, 6.45) is 1.70. The van der Waals surface area contributed by atoms with Crippen molar-refractivity contribution in [3.63, 3.8) is 0 Å². The van der Waals surface area contributed by atoms with Crippen molar-refractivity contribution in [2.24, 2.45) is 0 Å². The van der Waals surface area contributed by atoms with Crippen LogP contribution in [0.5, 0.6) is 5.75 Å². The van der Waals surface area contributed by atoms with Crippen molar-refractivity contribution < 1.29 is 9.90 Å². The second kappa shape index (κ2) is 7.21. The molecule has 0 aliphatic heterocycles. The highest BCUT2D eigenvalue weighted by Crippen LogP contribution is 2.22. The summed E-state index contributed by atoms with van der Waals surface area (Å²) in [5, 5.41) is 12.0. The number of aromatic hydroxyl groups is 1. The lowest BCUT2D eigenvalue weighted by molar-refractivity contribution is 0.112. The first-order valence-corrected chi connectivity index (χ1v) is 8.43. The molecular formula is C20H17O2P. The number of rotatable bonds is 5. The van der Waals surface area contributed by atoms with E-state index in [-0.39, 0.29) is 14.3 Å². The third kappa shape index (κ3) is 3.85. The lowest BCUT2D eigenvalue weighted by Gasteiger charge is -2.10. The Morgan fingerprint density at radius 2 is 1.57 bits per heavy atom. The number of aldehydes is 1. The molecule has 0 aliphatic carbocycles. The van der Waals surface area contributed by atoms with E-state index in [1.54, 1.807) is 12.1 Å². The Bertz CT molecular complexity index is 813. The molecule has 0 aliphatic rings. The minimum atomic E-state index is 0.257. The van der Waals surface area contributed by atoms with Crippen molar-refractivity contribution in [1.82, 2.24) is 0 Å². The fourth-order valence-corrected chi connectivity index (χ4v) is 3.71. The molecule has 3 aromatic carbocycles. The van der Waals surface area contributed by atoms with Crippen LogP contribution >= 0.6 is 8.58 Å². The average molecular weight is 320 g/mol. The average Bonchev–Trinajstić information content (AvgIpc) is 2.59.